The number of nitrogens with zero attached hydrogens (tertiary/aromatic N) is 2. The van der Waals surface area contributed by atoms with Crippen LogP contribution in [0.1, 0.15) is 36.8 Å². The van der Waals surface area contributed by atoms with Gasteiger partial charge >= 0.3 is 0 Å². The third-order valence-electron chi connectivity index (χ3n) is 6.17. The molecule has 26 heavy (non-hydrogen) atoms. The summed E-state index contributed by atoms with van der Waals surface area (Å²) in [5.41, 5.74) is 1.56. The van der Waals surface area contributed by atoms with Gasteiger partial charge in [-0.1, -0.05) is 0 Å². The summed E-state index contributed by atoms with van der Waals surface area (Å²) >= 11 is 0. The van der Waals surface area contributed by atoms with Crippen molar-refractivity contribution >= 4 is 5.91 Å². The van der Waals surface area contributed by atoms with Gasteiger partial charge in [0, 0.05) is 38.1 Å². The minimum atomic E-state index is -0.830. The second-order valence-corrected chi connectivity index (χ2v) is 7.70. The Kier molecular flexibility index (Phi) is 5.23. The number of ether oxygens (including phenoxy) is 1. The molecule has 2 aliphatic heterocycles. The number of hydrogen-bond donors (Lipinski definition) is 0. The van der Waals surface area contributed by atoms with Crippen LogP contribution in [0, 0.1) is 17.6 Å². The van der Waals surface area contributed by atoms with Gasteiger partial charge in [0.1, 0.15) is 0 Å². The standard InChI is InChI=1S/C20H26F2N2O2/c21-18-11-15-5-6-24(13-16(15)12-19(18)22)20(25)14-1-3-17(4-2-14)23-7-9-26-10-8-23/h11-12,14,17H,1-10,13H2. The van der Waals surface area contributed by atoms with E-state index in [4.69, 9.17) is 4.74 Å². The average Bonchev–Trinajstić information content (AvgIpc) is 2.69. The molecule has 1 saturated heterocycles. The molecular formula is C20H26F2N2O2. The van der Waals surface area contributed by atoms with Crippen LogP contribution in [-0.4, -0.2) is 54.6 Å². The molecule has 142 valence electrons. The van der Waals surface area contributed by atoms with Crippen molar-refractivity contribution in [2.45, 2.75) is 44.7 Å². The molecule has 0 spiro atoms. The highest BCUT2D eigenvalue weighted by atomic mass is 19.2. The Morgan fingerprint density at radius 1 is 0.962 bits per heavy atom. The fourth-order valence-corrected chi connectivity index (χ4v) is 4.63. The zero-order chi connectivity index (χ0) is 18.1. The van der Waals surface area contributed by atoms with Gasteiger partial charge in [-0.05, 0) is 55.4 Å². The number of rotatable bonds is 2. The molecule has 3 aliphatic rings. The first-order valence-corrected chi connectivity index (χ1v) is 9.69. The van der Waals surface area contributed by atoms with E-state index in [1.807, 2.05) is 4.90 Å². The molecule has 2 fully saturated rings. The fourth-order valence-electron chi connectivity index (χ4n) is 4.63. The predicted octanol–water partition coefficient (Wildman–Crippen LogP) is 2.74. The van der Waals surface area contributed by atoms with Crippen LogP contribution in [-0.2, 0) is 22.5 Å². The number of halogens is 2. The maximum Gasteiger partial charge on any atom is 0.225 e. The van der Waals surface area contributed by atoms with Crippen molar-refractivity contribution in [1.29, 1.82) is 0 Å². The number of morpholine rings is 1. The SMILES string of the molecule is O=C(C1CCC(N2CCOCC2)CC1)N1CCc2cc(F)c(F)cc2C1. The molecular weight excluding hydrogens is 338 g/mol. The summed E-state index contributed by atoms with van der Waals surface area (Å²) in [7, 11) is 0. The van der Waals surface area contributed by atoms with E-state index in [1.54, 1.807) is 0 Å². The summed E-state index contributed by atoms with van der Waals surface area (Å²) in [6, 6.07) is 3.10. The van der Waals surface area contributed by atoms with Gasteiger partial charge in [0.2, 0.25) is 5.91 Å². The molecule has 6 heteroatoms. The molecule has 2 heterocycles. The molecule has 0 N–H and O–H groups in total. The summed E-state index contributed by atoms with van der Waals surface area (Å²) in [6.45, 7) is 4.60. The fraction of sp³-hybridized carbons (Fsp3) is 0.650. The van der Waals surface area contributed by atoms with Crippen molar-refractivity contribution in [2.24, 2.45) is 5.92 Å². The normalized spacial score (nSPS) is 27.2. The van der Waals surface area contributed by atoms with Crippen LogP contribution in [0.25, 0.3) is 0 Å². The van der Waals surface area contributed by atoms with E-state index < -0.39 is 11.6 Å². The number of amides is 1. The summed E-state index contributed by atoms with van der Waals surface area (Å²) in [5.74, 6) is -1.38. The van der Waals surface area contributed by atoms with Crippen LogP contribution in [0.15, 0.2) is 12.1 Å². The van der Waals surface area contributed by atoms with Crippen LogP contribution in [0.2, 0.25) is 0 Å². The molecule has 0 radical (unpaired) electrons. The van der Waals surface area contributed by atoms with Crippen molar-refractivity contribution in [3.63, 3.8) is 0 Å². The zero-order valence-corrected chi connectivity index (χ0v) is 15.1. The number of carbonyl (C=O) groups excluding carboxylic acids is 1. The van der Waals surface area contributed by atoms with Crippen LogP contribution in [0.3, 0.4) is 0 Å². The highest BCUT2D eigenvalue weighted by Crippen LogP contribution is 2.31. The lowest BCUT2D eigenvalue weighted by Gasteiger charge is -2.40. The van der Waals surface area contributed by atoms with E-state index in [-0.39, 0.29) is 11.8 Å². The van der Waals surface area contributed by atoms with Gasteiger partial charge < -0.3 is 9.64 Å². The van der Waals surface area contributed by atoms with Gasteiger partial charge in [0.05, 0.1) is 13.2 Å². The van der Waals surface area contributed by atoms with Crippen LogP contribution in [0.5, 0.6) is 0 Å². The van der Waals surface area contributed by atoms with Crippen molar-refractivity contribution in [3.05, 3.63) is 34.9 Å². The largest absolute Gasteiger partial charge is 0.379 e. The van der Waals surface area contributed by atoms with Gasteiger partial charge in [0.15, 0.2) is 11.6 Å². The number of benzene rings is 1. The lowest BCUT2D eigenvalue weighted by Crippen LogP contribution is -2.47. The van der Waals surface area contributed by atoms with E-state index in [0.29, 0.717) is 25.6 Å². The topological polar surface area (TPSA) is 32.8 Å². The van der Waals surface area contributed by atoms with E-state index in [9.17, 15) is 13.6 Å². The predicted molar refractivity (Wildman–Crippen MR) is 93.6 cm³/mol. The van der Waals surface area contributed by atoms with Gasteiger partial charge in [-0.25, -0.2) is 8.78 Å². The van der Waals surface area contributed by atoms with E-state index in [0.717, 1.165) is 63.1 Å². The van der Waals surface area contributed by atoms with Gasteiger partial charge in [-0.2, -0.15) is 0 Å². The molecule has 4 nitrogen and oxygen atoms in total. The second kappa shape index (κ2) is 7.61. The summed E-state index contributed by atoms with van der Waals surface area (Å²) in [6.07, 6.45) is 4.55. The molecule has 0 bridgehead atoms. The molecule has 1 aliphatic carbocycles. The first-order valence-electron chi connectivity index (χ1n) is 9.69. The lowest BCUT2D eigenvalue weighted by atomic mass is 9.84. The molecule has 0 aromatic heterocycles. The smallest absolute Gasteiger partial charge is 0.225 e. The summed E-state index contributed by atoms with van der Waals surface area (Å²) in [5, 5.41) is 0. The molecule has 1 saturated carbocycles. The first-order chi connectivity index (χ1) is 12.6. The molecule has 1 amide bonds. The van der Waals surface area contributed by atoms with Crippen molar-refractivity contribution in [2.75, 3.05) is 32.8 Å². The van der Waals surface area contributed by atoms with Gasteiger partial charge in [-0.15, -0.1) is 0 Å². The van der Waals surface area contributed by atoms with Crippen molar-refractivity contribution in [3.8, 4) is 0 Å². The minimum absolute atomic E-state index is 0.0686. The van der Waals surface area contributed by atoms with Gasteiger partial charge in [-0.3, -0.25) is 9.69 Å². The maximum absolute atomic E-state index is 13.5. The molecule has 0 unspecified atom stereocenters. The monoisotopic (exact) mass is 364 g/mol. The Labute approximate surface area is 153 Å². The van der Waals surface area contributed by atoms with Crippen molar-refractivity contribution < 1.29 is 18.3 Å². The van der Waals surface area contributed by atoms with Gasteiger partial charge in [0.25, 0.3) is 0 Å². The number of carbonyl (C=O) groups is 1. The van der Waals surface area contributed by atoms with E-state index in [2.05, 4.69) is 4.90 Å². The Balaban J connectivity index is 1.34. The maximum atomic E-state index is 13.5. The molecule has 4 rings (SSSR count). The summed E-state index contributed by atoms with van der Waals surface area (Å²) < 4.78 is 32.3. The Morgan fingerprint density at radius 3 is 2.31 bits per heavy atom. The number of fused-ring (bicyclic) bond motifs is 1. The third-order valence-corrected chi connectivity index (χ3v) is 6.17. The zero-order valence-electron chi connectivity index (χ0n) is 15.1. The quantitative estimate of drug-likeness (QED) is 0.809. The molecule has 0 atom stereocenters. The third kappa shape index (κ3) is 3.62. The van der Waals surface area contributed by atoms with Crippen LogP contribution in [0.4, 0.5) is 8.78 Å². The Bertz CT molecular complexity index is 668. The lowest BCUT2D eigenvalue weighted by molar-refractivity contribution is -0.138. The van der Waals surface area contributed by atoms with E-state index in [1.165, 1.54) is 12.1 Å². The molecule has 1 aromatic carbocycles. The Morgan fingerprint density at radius 2 is 1.62 bits per heavy atom. The van der Waals surface area contributed by atoms with Crippen molar-refractivity contribution in [1.82, 2.24) is 9.80 Å². The molecule has 1 aromatic rings. The van der Waals surface area contributed by atoms with Crippen LogP contribution < -0.4 is 0 Å². The average molecular weight is 364 g/mol. The van der Waals surface area contributed by atoms with Crippen LogP contribution >= 0.6 is 0 Å². The highest BCUT2D eigenvalue weighted by molar-refractivity contribution is 5.79. The summed E-state index contributed by atoms with van der Waals surface area (Å²) in [4.78, 5) is 17.3. The number of hydrogen-bond acceptors (Lipinski definition) is 3. The minimum Gasteiger partial charge on any atom is -0.379 e. The first kappa shape index (κ1) is 17.9. The second-order valence-electron chi connectivity index (χ2n) is 7.70. The Hall–Kier alpha value is -1.53. The highest BCUT2D eigenvalue weighted by Gasteiger charge is 2.33. The van der Waals surface area contributed by atoms with E-state index >= 15 is 0 Å².